The summed E-state index contributed by atoms with van der Waals surface area (Å²) in [4.78, 5) is 11.1. The van der Waals surface area contributed by atoms with Gasteiger partial charge in [0.2, 0.25) is 0 Å². The molecule has 1 aliphatic heterocycles. The van der Waals surface area contributed by atoms with Gasteiger partial charge in [-0.2, -0.15) is 11.8 Å². The molecule has 1 atom stereocenters. The summed E-state index contributed by atoms with van der Waals surface area (Å²) in [5, 5.41) is 12.5. The molecule has 1 saturated carbocycles. The van der Waals surface area contributed by atoms with Gasteiger partial charge in [-0.05, 0) is 25.0 Å². The number of nitrogens with one attached hydrogen (secondary N) is 1. The lowest BCUT2D eigenvalue weighted by atomic mass is 9.88. The molecule has 1 aliphatic carbocycles. The van der Waals surface area contributed by atoms with Crippen molar-refractivity contribution in [1.29, 1.82) is 0 Å². The second kappa shape index (κ2) is 3.50. The van der Waals surface area contributed by atoms with E-state index in [1.807, 2.05) is 0 Å². The quantitative estimate of drug-likeness (QED) is 0.717. The molecule has 0 bridgehead atoms. The fraction of sp³-hybridized carbons (Fsp3) is 0.889. The molecule has 13 heavy (non-hydrogen) atoms. The maximum atomic E-state index is 11.1. The minimum Gasteiger partial charge on any atom is -0.480 e. The van der Waals surface area contributed by atoms with Gasteiger partial charge in [0.15, 0.2) is 0 Å². The molecule has 0 spiro atoms. The molecule has 3 nitrogen and oxygen atoms in total. The van der Waals surface area contributed by atoms with Gasteiger partial charge in [-0.3, -0.25) is 10.1 Å². The number of thioether (sulfide) groups is 1. The first-order valence-corrected chi connectivity index (χ1v) is 5.97. The van der Waals surface area contributed by atoms with Crippen LogP contribution in [0.2, 0.25) is 0 Å². The predicted octanol–water partition coefficient (Wildman–Crippen LogP) is 1.09. The molecule has 0 amide bonds. The van der Waals surface area contributed by atoms with Crippen LogP contribution in [0.1, 0.15) is 25.7 Å². The molecular formula is C9H15NO2S. The molecule has 0 aromatic rings. The summed E-state index contributed by atoms with van der Waals surface area (Å²) < 4.78 is 0. The number of aliphatic carboxylic acids is 1. The highest BCUT2D eigenvalue weighted by atomic mass is 32.2. The van der Waals surface area contributed by atoms with Gasteiger partial charge in [0, 0.05) is 11.8 Å². The molecule has 0 aromatic heterocycles. The highest BCUT2D eigenvalue weighted by Crippen LogP contribution is 2.31. The number of rotatable bonds is 3. The van der Waals surface area contributed by atoms with Gasteiger partial charge in [0.25, 0.3) is 0 Å². The topological polar surface area (TPSA) is 49.3 Å². The highest BCUT2D eigenvalue weighted by molar-refractivity contribution is 7.99. The van der Waals surface area contributed by atoms with Crippen molar-refractivity contribution >= 4 is 17.7 Å². The summed E-state index contributed by atoms with van der Waals surface area (Å²) in [5.74, 6) is 1.05. The first-order chi connectivity index (χ1) is 6.23. The smallest absolute Gasteiger partial charge is 0.324 e. The summed E-state index contributed by atoms with van der Waals surface area (Å²) in [7, 11) is 0. The maximum absolute atomic E-state index is 11.1. The monoisotopic (exact) mass is 201 g/mol. The van der Waals surface area contributed by atoms with Gasteiger partial charge in [-0.15, -0.1) is 0 Å². The summed E-state index contributed by atoms with van der Waals surface area (Å²) in [6, 6.07) is 0.467. The van der Waals surface area contributed by atoms with Crippen LogP contribution in [0.4, 0.5) is 0 Å². The fourth-order valence-electron chi connectivity index (χ4n) is 1.85. The van der Waals surface area contributed by atoms with E-state index in [-0.39, 0.29) is 0 Å². The molecule has 2 N–H and O–H groups in total. The molecule has 2 fully saturated rings. The average Bonchev–Trinajstić information content (AvgIpc) is 2.46. The molecule has 0 aromatic carbocycles. The van der Waals surface area contributed by atoms with Crippen molar-refractivity contribution in [2.75, 3.05) is 11.5 Å². The summed E-state index contributed by atoms with van der Waals surface area (Å²) in [5.41, 5.74) is -0.601. The number of carboxylic acids is 1. The normalized spacial score (nSPS) is 34.5. The number of carboxylic acid groups (broad SMARTS) is 1. The lowest BCUT2D eigenvalue weighted by molar-refractivity contribution is -0.144. The number of hydrogen-bond donors (Lipinski definition) is 2. The summed E-state index contributed by atoms with van der Waals surface area (Å²) in [6.07, 6.45) is 4.34. The van der Waals surface area contributed by atoms with Crippen LogP contribution in [-0.2, 0) is 4.79 Å². The van der Waals surface area contributed by atoms with Gasteiger partial charge >= 0.3 is 5.97 Å². The van der Waals surface area contributed by atoms with Gasteiger partial charge in [0.1, 0.15) is 5.54 Å². The maximum Gasteiger partial charge on any atom is 0.324 e. The zero-order chi connectivity index (χ0) is 9.31. The van der Waals surface area contributed by atoms with Gasteiger partial charge in [-0.25, -0.2) is 0 Å². The zero-order valence-corrected chi connectivity index (χ0v) is 8.40. The summed E-state index contributed by atoms with van der Waals surface area (Å²) >= 11 is 1.74. The van der Waals surface area contributed by atoms with E-state index in [2.05, 4.69) is 5.32 Å². The van der Waals surface area contributed by atoms with Crippen molar-refractivity contribution in [2.45, 2.75) is 37.3 Å². The minimum absolute atomic E-state index is 0.467. The van der Waals surface area contributed by atoms with Crippen LogP contribution in [0.25, 0.3) is 0 Å². The number of hydrogen-bond acceptors (Lipinski definition) is 3. The third kappa shape index (κ3) is 1.70. The van der Waals surface area contributed by atoms with Gasteiger partial charge < -0.3 is 5.11 Å². The van der Waals surface area contributed by atoms with E-state index < -0.39 is 11.5 Å². The molecule has 1 heterocycles. The van der Waals surface area contributed by atoms with Crippen molar-refractivity contribution in [3.63, 3.8) is 0 Å². The van der Waals surface area contributed by atoms with E-state index in [1.165, 1.54) is 6.42 Å². The molecule has 2 rings (SSSR count). The second-order valence-corrected chi connectivity index (χ2v) is 5.07. The first-order valence-electron chi connectivity index (χ1n) is 4.82. The van der Waals surface area contributed by atoms with Gasteiger partial charge in [0.05, 0.1) is 0 Å². The SMILES string of the molecule is O=C(O)C1(NC2CCC2)CCSC1. The minimum atomic E-state index is -0.663. The Morgan fingerprint density at radius 3 is 2.69 bits per heavy atom. The summed E-state index contributed by atoms with van der Waals surface area (Å²) in [6.45, 7) is 0. The van der Waals surface area contributed by atoms with Crippen LogP contribution in [0.5, 0.6) is 0 Å². The van der Waals surface area contributed by atoms with Crippen LogP contribution in [0.15, 0.2) is 0 Å². The van der Waals surface area contributed by atoms with Crippen molar-refractivity contribution in [3.05, 3.63) is 0 Å². The third-order valence-corrected chi connectivity index (χ3v) is 4.21. The second-order valence-electron chi connectivity index (χ2n) is 3.96. The third-order valence-electron chi connectivity index (χ3n) is 3.02. The lowest BCUT2D eigenvalue weighted by Crippen LogP contribution is -2.57. The van der Waals surface area contributed by atoms with E-state index in [0.29, 0.717) is 6.04 Å². The predicted molar refractivity (Wildman–Crippen MR) is 53.1 cm³/mol. The number of carbonyl (C=O) groups is 1. The van der Waals surface area contributed by atoms with E-state index in [1.54, 1.807) is 11.8 Å². The molecule has 0 radical (unpaired) electrons. The van der Waals surface area contributed by atoms with Crippen molar-refractivity contribution in [1.82, 2.24) is 5.32 Å². The first kappa shape index (κ1) is 9.34. The molecule has 2 aliphatic rings. The highest BCUT2D eigenvalue weighted by Gasteiger charge is 2.43. The Kier molecular flexibility index (Phi) is 2.51. The van der Waals surface area contributed by atoms with E-state index in [9.17, 15) is 4.79 Å². The van der Waals surface area contributed by atoms with Crippen LogP contribution in [-0.4, -0.2) is 34.2 Å². The molecule has 74 valence electrons. The standard InChI is InChI=1S/C9H15NO2S/c11-8(12)9(4-5-13-6-9)10-7-2-1-3-7/h7,10H,1-6H2,(H,11,12). The largest absolute Gasteiger partial charge is 0.480 e. The zero-order valence-electron chi connectivity index (χ0n) is 7.58. The van der Waals surface area contributed by atoms with Crippen LogP contribution in [0.3, 0.4) is 0 Å². The Bertz CT molecular complexity index is 210. The van der Waals surface area contributed by atoms with Crippen LogP contribution in [0, 0.1) is 0 Å². The van der Waals surface area contributed by atoms with Crippen molar-refractivity contribution < 1.29 is 9.90 Å². The molecule has 1 unspecified atom stereocenters. The Balaban J connectivity index is 1.99. The Morgan fingerprint density at radius 2 is 2.31 bits per heavy atom. The van der Waals surface area contributed by atoms with Crippen LogP contribution >= 0.6 is 11.8 Å². The van der Waals surface area contributed by atoms with E-state index >= 15 is 0 Å². The van der Waals surface area contributed by atoms with Crippen molar-refractivity contribution in [3.8, 4) is 0 Å². The Hall–Kier alpha value is -0.220. The average molecular weight is 201 g/mol. The fourth-order valence-corrected chi connectivity index (χ4v) is 3.19. The van der Waals surface area contributed by atoms with E-state index in [0.717, 1.165) is 30.8 Å². The van der Waals surface area contributed by atoms with Crippen LogP contribution < -0.4 is 5.32 Å². The Labute approximate surface area is 82.3 Å². The molecule has 1 saturated heterocycles. The van der Waals surface area contributed by atoms with Gasteiger partial charge in [-0.1, -0.05) is 6.42 Å². The molecule has 4 heteroatoms. The Morgan fingerprint density at radius 1 is 1.54 bits per heavy atom. The molecular weight excluding hydrogens is 186 g/mol. The van der Waals surface area contributed by atoms with E-state index in [4.69, 9.17) is 5.11 Å². The lowest BCUT2D eigenvalue weighted by Gasteiger charge is -2.35. The van der Waals surface area contributed by atoms with Crippen molar-refractivity contribution in [2.24, 2.45) is 0 Å².